The van der Waals surface area contributed by atoms with Gasteiger partial charge in [0, 0.05) is 12.8 Å². The number of azo groups is 2. The molecule has 0 unspecified atom stereocenters. The molecule has 0 radical (unpaired) electrons. The van der Waals surface area contributed by atoms with E-state index in [0.29, 0.717) is 35.7 Å². The summed E-state index contributed by atoms with van der Waals surface area (Å²) in [5, 5.41) is 17.3. The molecule has 0 aliphatic carbocycles. The van der Waals surface area contributed by atoms with Crippen LogP contribution in [0, 0.1) is 0 Å². The first-order chi connectivity index (χ1) is 32.0. The molecule has 0 N–H and O–H groups in total. The molecule has 0 amide bonds. The zero-order chi connectivity index (χ0) is 45.8. The number of hydrogen-bond acceptors (Lipinski definition) is 10. The number of esters is 2. The van der Waals surface area contributed by atoms with E-state index in [1.54, 1.807) is 48.5 Å². The van der Waals surface area contributed by atoms with Crippen LogP contribution in [0.25, 0.3) is 0 Å². The Bertz CT molecular complexity index is 1760. The minimum absolute atomic E-state index is 0.238. The smallest absolute Gasteiger partial charge is 0.311 e. The van der Waals surface area contributed by atoms with Gasteiger partial charge in [0.2, 0.25) is 0 Å². The number of carbonyl (C=O) groups excluding carboxylic acids is 2. The predicted molar refractivity (Wildman–Crippen MR) is 263 cm³/mol. The van der Waals surface area contributed by atoms with Gasteiger partial charge < -0.3 is 18.9 Å². The quantitative estimate of drug-likeness (QED) is 0.0194. The summed E-state index contributed by atoms with van der Waals surface area (Å²) in [5.41, 5.74) is 2.84. The average Bonchev–Trinajstić information content (AvgIpc) is 3.32. The van der Waals surface area contributed by atoms with E-state index in [2.05, 4.69) is 34.3 Å². The molecule has 0 spiro atoms. The summed E-state index contributed by atoms with van der Waals surface area (Å²) in [5.74, 6) is 2.21. The van der Waals surface area contributed by atoms with Crippen LogP contribution in [0.2, 0.25) is 0 Å². The van der Waals surface area contributed by atoms with Gasteiger partial charge in [0.1, 0.15) is 23.0 Å². The number of hydrogen-bond donors (Lipinski definition) is 0. The third-order valence-electron chi connectivity index (χ3n) is 11.2. The molecule has 10 nitrogen and oxygen atoms in total. The summed E-state index contributed by atoms with van der Waals surface area (Å²) in [7, 11) is 0. The normalized spacial score (nSPS) is 11.4. The van der Waals surface area contributed by atoms with Crippen molar-refractivity contribution in [3.8, 4) is 23.0 Å². The van der Waals surface area contributed by atoms with Crippen LogP contribution in [0.1, 0.15) is 174 Å². The monoisotopic (exact) mass is 889 g/mol. The molecule has 65 heavy (non-hydrogen) atoms. The number of carbonyl (C=O) groups is 2. The van der Waals surface area contributed by atoms with Crippen LogP contribution in [-0.4, -0.2) is 25.2 Å². The summed E-state index contributed by atoms with van der Waals surface area (Å²) in [6.45, 7) is 5.97. The van der Waals surface area contributed by atoms with Crippen LogP contribution in [0.15, 0.2) is 118 Å². The van der Waals surface area contributed by atoms with Gasteiger partial charge in [0.25, 0.3) is 0 Å². The van der Waals surface area contributed by atoms with Crippen LogP contribution in [0.4, 0.5) is 22.7 Å². The Labute approximate surface area is 390 Å². The molecule has 0 saturated heterocycles. The maximum Gasteiger partial charge on any atom is 0.311 e. The van der Waals surface area contributed by atoms with Gasteiger partial charge in [0.15, 0.2) is 0 Å². The van der Waals surface area contributed by atoms with Crippen LogP contribution >= 0.6 is 0 Å². The van der Waals surface area contributed by atoms with E-state index in [-0.39, 0.29) is 11.9 Å². The second kappa shape index (κ2) is 34.0. The maximum atomic E-state index is 12.4. The molecule has 0 saturated carbocycles. The molecule has 0 aromatic heterocycles. The molecule has 0 bridgehead atoms. The van der Waals surface area contributed by atoms with Gasteiger partial charge in [-0.15, -0.1) is 0 Å². The highest BCUT2D eigenvalue weighted by atomic mass is 16.5. The van der Waals surface area contributed by atoms with Gasteiger partial charge >= 0.3 is 11.9 Å². The largest absolute Gasteiger partial charge is 0.494 e. The molecule has 0 fully saturated rings. The van der Waals surface area contributed by atoms with Crippen LogP contribution in [-0.2, 0) is 9.59 Å². The maximum absolute atomic E-state index is 12.4. The minimum atomic E-state index is -0.238. The van der Waals surface area contributed by atoms with Crippen molar-refractivity contribution in [2.45, 2.75) is 174 Å². The Morgan fingerprint density at radius 3 is 0.862 bits per heavy atom. The van der Waals surface area contributed by atoms with Gasteiger partial charge in [-0.1, -0.05) is 136 Å². The Morgan fingerprint density at radius 1 is 0.323 bits per heavy atom. The van der Waals surface area contributed by atoms with Crippen molar-refractivity contribution in [2.24, 2.45) is 20.5 Å². The molecule has 4 rings (SSSR count). The van der Waals surface area contributed by atoms with Crippen molar-refractivity contribution in [1.29, 1.82) is 0 Å². The molecule has 0 aliphatic heterocycles. The molecule has 4 aromatic carbocycles. The van der Waals surface area contributed by atoms with Crippen molar-refractivity contribution in [3.05, 3.63) is 97.1 Å². The second-order valence-corrected chi connectivity index (χ2v) is 16.9. The lowest BCUT2D eigenvalue weighted by atomic mass is 10.1. The molecular weight excluding hydrogens is 813 g/mol. The lowest BCUT2D eigenvalue weighted by Gasteiger charge is -2.06. The summed E-state index contributed by atoms with van der Waals surface area (Å²) < 4.78 is 22.8. The zero-order valence-electron chi connectivity index (χ0n) is 39.6. The number of benzene rings is 4. The number of unbranched alkanes of at least 4 members (excludes halogenated alkanes) is 20. The highest BCUT2D eigenvalue weighted by molar-refractivity contribution is 5.73. The Balaban J connectivity index is 0.966. The molecule has 0 aliphatic rings. The van der Waals surface area contributed by atoms with Gasteiger partial charge in [-0.05, 0) is 123 Å². The third kappa shape index (κ3) is 25.0. The van der Waals surface area contributed by atoms with Crippen molar-refractivity contribution in [1.82, 2.24) is 0 Å². The molecule has 4 aromatic rings. The van der Waals surface area contributed by atoms with Crippen molar-refractivity contribution in [3.63, 3.8) is 0 Å². The number of ether oxygens (including phenoxy) is 4. The summed E-state index contributed by atoms with van der Waals surface area (Å²) in [4.78, 5) is 24.8. The summed E-state index contributed by atoms with van der Waals surface area (Å²) in [6, 6.07) is 29.4. The van der Waals surface area contributed by atoms with Gasteiger partial charge in [0.05, 0.1) is 36.0 Å². The van der Waals surface area contributed by atoms with E-state index in [4.69, 9.17) is 18.9 Å². The van der Waals surface area contributed by atoms with Crippen molar-refractivity contribution < 1.29 is 28.5 Å². The van der Waals surface area contributed by atoms with E-state index < -0.39 is 0 Å². The molecule has 0 heterocycles. The SMILES string of the molecule is CCCCCCCCCCOc1ccc(/N=N/c2ccc(OC(=O)CCCCCCCCCC(=O)Oc3ccc(/N=N/c4ccc(OCCCCCCCCCC)cc4)cc3)cc2)cc1. The molecule has 10 heteroatoms. The first kappa shape index (κ1) is 52.2. The fraction of sp³-hybridized carbons (Fsp3) is 0.527. The number of rotatable bonds is 36. The predicted octanol–water partition coefficient (Wildman–Crippen LogP) is 17.6. The van der Waals surface area contributed by atoms with Crippen molar-refractivity contribution in [2.75, 3.05) is 13.2 Å². The first-order valence-corrected chi connectivity index (χ1v) is 24.9. The summed E-state index contributed by atoms with van der Waals surface area (Å²) >= 11 is 0. The van der Waals surface area contributed by atoms with Crippen LogP contribution in [0.5, 0.6) is 23.0 Å². The Hall–Kier alpha value is -5.38. The minimum Gasteiger partial charge on any atom is -0.494 e. The average molecular weight is 889 g/mol. The van der Waals surface area contributed by atoms with Crippen LogP contribution in [0.3, 0.4) is 0 Å². The lowest BCUT2D eigenvalue weighted by molar-refractivity contribution is -0.135. The lowest BCUT2D eigenvalue weighted by Crippen LogP contribution is -2.07. The molecule has 352 valence electrons. The van der Waals surface area contributed by atoms with E-state index >= 15 is 0 Å². The van der Waals surface area contributed by atoms with E-state index in [1.807, 2.05) is 48.5 Å². The highest BCUT2D eigenvalue weighted by Crippen LogP contribution is 2.26. The van der Waals surface area contributed by atoms with Gasteiger partial charge in [-0.2, -0.15) is 20.5 Å². The van der Waals surface area contributed by atoms with Gasteiger partial charge in [-0.3, -0.25) is 9.59 Å². The first-order valence-electron chi connectivity index (χ1n) is 24.9. The van der Waals surface area contributed by atoms with Crippen molar-refractivity contribution >= 4 is 34.7 Å². The molecular formula is C55H76N4O6. The topological polar surface area (TPSA) is 121 Å². The third-order valence-corrected chi connectivity index (χ3v) is 11.2. The second-order valence-electron chi connectivity index (χ2n) is 16.9. The fourth-order valence-electron chi connectivity index (χ4n) is 7.25. The van der Waals surface area contributed by atoms with E-state index in [0.717, 1.165) is 93.9 Å². The fourth-order valence-corrected chi connectivity index (χ4v) is 7.25. The molecule has 0 atom stereocenters. The zero-order valence-corrected chi connectivity index (χ0v) is 39.6. The number of nitrogens with zero attached hydrogens (tertiary/aromatic N) is 4. The summed E-state index contributed by atoms with van der Waals surface area (Å²) in [6.07, 6.45) is 27.8. The van der Waals surface area contributed by atoms with E-state index in [9.17, 15) is 9.59 Å². The highest BCUT2D eigenvalue weighted by Gasteiger charge is 2.07. The van der Waals surface area contributed by atoms with Gasteiger partial charge in [-0.25, -0.2) is 0 Å². The standard InChI is InChI=1S/C55H76N4O6/c1-3-5-7-9-11-16-20-24-44-62-50-36-28-46(29-37-50)56-58-48-32-40-52(41-33-48)64-54(60)26-22-18-14-13-15-19-23-27-55(61)65-53-42-34-49(35-43-53)59-57-47-30-38-51(39-31-47)63-45-25-21-17-12-10-8-6-4-2/h28-43H,3-27,44-45H2,1-2H3/b58-56+,59-57+. The van der Waals surface area contributed by atoms with E-state index in [1.165, 1.54) is 89.9 Å². The van der Waals surface area contributed by atoms with Crippen LogP contribution < -0.4 is 18.9 Å². The Kier molecular flexibility index (Phi) is 27.4. The Morgan fingerprint density at radius 2 is 0.569 bits per heavy atom.